The molecule has 6 heteroatoms. The molecule has 5 rings (SSSR count). The Bertz CT molecular complexity index is 1090. The molecular weight excluding hydrogens is 382 g/mol. The monoisotopic (exact) mass is 407 g/mol. The third-order valence-electron chi connectivity index (χ3n) is 5.88. The molecule has 2 aliphatic heterocycles. The maximum Gasteiger partial charge on any atom is 0.256 e. The molecule has 5 nitrogen and oxygen atoms in total. The highest BCUT2D eigenvalue weighted by atomic mass is 32.1. The second-order valence-electron chi connectivity index (χ2n) is 7.51. The van der Waals surface area contributed by atoms with Gasteiger partial charge in [-0.3, -0.25) is 9.69 Å². The topological polar surface area (TPSA) is 53.6 Å². The average molecular weight is 408 g/mol. The molecule has 1 amide bonds. The van der Waals surface area contributed by atoms with Crippen LogP contribution >= 0.6 is 11.3 Å². The molecule has 0 bridgehead atoms. The second kappa shape index (κ2) is 7.35. The van der Waals surface area contributed by atoms with Crippen molar-refractivity contribution in [2.75, 3.05) is 25.0 Å². The zero-order valence-electron chi connectivity index (χ0n) is 16.7. The molecule has 0 fully saturated rings. The largest absolute Gasteiger partial charge is 0.493 e. The predicted molar refractivity (Wildman–Crippen MR) is 118 cm³/mol. The van der Waals surface area contributed by atoms with E-state index in [0.29, 0.717) is 6.61 Å². The number of benzene rings is 2. The first-order valence-electron chi connectivity index (χ1n) is 10.3. The van der Waals surface area contributed by atoms with Crippen molar-refractivity contribution < 1.29 is 9.53 Å². The molecule has 0 saturated carbocycles. The molecule has 0 saturated heterocycles. The Balaban J connectivity index is 1.58. The molecule has 29 heavy (non-hydrogen) atoms. The smallest absolute Gasteiger partial charge is 0.256 e. The molecule has 1 aromatic heterocycles. The summed E-state index contributed by atoms with van der Waals surface area (Å²) < 4.78 is 5.94. The van der Waals surface area contributed by atoms with Crippen molar-refractivity contribution in [1.82, 2.24) is 10.2 Å². The zero-order valence-corrected chi connectivity index (χ0v) is 17.6. The van der Waals surface area contributed by atoms with Gasteiger partial charge in [0.05, 0.1) is 12.2 Å². The maximum atomic E-state index is 13.2. The van der Waals surface area contributed by atoms with Crippen LogP contribution < -0.4 is 15.4 Å². The number of nitrogens with zero attached hydrogens (tertiary/aromatic N) is 1. The lowest BCUT2D eigenvalue weighted by Crippen LogP contribution is -2.39. The van der Waals surface area contributed by atoms with Crippen LogP contribution in [0.5, 0.6) is 5.75 Å². The van der Waals surface area contributed by atoms with Gasteiger partial charge in [0, 0.05) is 23.5 Å². The van der Waals surface area contributed by atoms with Gasteiger partial charge in [-0.05, 0) is 42.3 Å². The summed E-state index contributed by atoms with van der Waals surface area (Å²) >= 11 is 1.73. The van der Waals surface area contributed by atoms with Gasteiger partial charge in [-0.2, -0.15) is 0 Å². The molecule has 3 heterocycles. The van der Waals surface area contributed by atoms with E-state index in [2.05, 4.69) is 40.7 Å². The van der Waals surface area contributed by atoms with Crippen molar-refractivity contribution in [3.8, 4) is 5.75 Å². The van der Waals surface area contributed by atoms with Gasteiger partial charge in [0.25, 0.3) is 5.91 Å². The van der Waals surface area contributed by atoms with Crippen molar-refractivity contribution >= 4 is 33.0 Å². The van der Waals surface area contributed by atoms with E-state index >= 15 is 0 Å². The summed E-state index contributed by atoms with van der Waals surface area (Å²) in [4.78, 5) is 16.9. The lowest BCUT2D eigenvalue weighted by Gasteiger charge is -2.29. The predicted octanol–water partition coefficient (Wildman–Crippen LogP) is 4.53. The minimum absolute atomic E-state index is 0.0154. The van der Waals surface area contributed by atoms with E-state index in [9.17, 15) is 4.79 Å². The highest BCUT2D eigenvalue weighted by molar-refractivity contribution is 7.16. The minimum atomic E-state index is -0.315. The third-order valence-corrected chi connectivity index (χ3v) is 7.03. The fourth-order valence-electron chi connectivity index (χ4n) is 4.44. The Morgan fingerprint density at radius 3 is 2.86 bits per heavy atom. The molecule has 150 valence electrons. The number of anilines is 1. The number of thiophene rings is 1. The van der Waals surface area contributed by atoms with E-state index in [-0.39, 0.29) is 12.1 Å². The first-order chi connectivity index (χ1) is 14.2. The van der Waals surface area contributed by atoms with Gasteiger partial charge < -0.3 is 15.4 Å². The fraction of sp³-hybridized carbons (Fsp3) is 0.348. The normalized spacial score (nSPS) is 18.7. The van der Waals surface area contributed by atoms with Gasteiger partial charge in [-0.15, -0.1) is 11.3 Å². The van der Waals surface area contributed by atoms with Gasteiger partial charge in [0.1, 0.15) is 16.9 Å². The van der Waals surface area contributed by atoms with Gasteiger partial charge in [-0.1, -0.05) is 37.3 Å². The van der Waals surface area contributed by atoms with Crippen molar-refractivity contribution in [1.29, 1.82) is 0 Å². The molecular formula is C23H25N3O2S. The highest BCUT2D eigenvalue weighted by Gasteiger charge is 2.34. The van der Waals surface area contributed by atoms with Crippen LogP contribution in [0.25, 0.3) is 10.8 Å². The molecule has 0 aliphatic carbocycles. The van der Waals surface area contributed by atoms with Crippen LogP contribution in [0.4, 0.5) is 5.00 Å². The van der Waals surface area contributed by atoms with E-state index in [0.717, 1.165) is 58.7 Å². The van der Waals surface area contributed by atoms with Crippen molar-refractivity contribution in [2.24, 2.45) is 0 Å². The average Bonchev–Trinajstić information content (AvgIpc) is 3.11. The van der Waals surface area contributed by atoms with Crippen molar-refractivity contribution in [3.05, 3.63) is 58.0 Å². The quantitative estimate of drug-likeness (QED) is 0.667. The summed E-state index contributed by atoms with van der Waals surface area (Å²) in [6, 6.07) is 12.3. The Kier molecular flexibility index (Phi) is 4.68. The number of ether oxygens (including phenoxy) is 1. The van der Waals surface area contributed by atoms with Crippen LogP contribution in [0.3, 0.4) is 0 Å². The minimum Gasteiger partial charge on any atom is -0.493 e. The van der Waals surface area contributed by atoms with Crippen LogP contribution in [0, 0.1) is 0 Å². The molecule has 2 aromatic carbocycles. The van der Waals surface area contributed by atoms with E-state index in [1.807, 2.05) is 25.1 Å². The van der Waals surface area contributed by atoms with Crippen LogP contribution in [-0.2, 0) is 13.0 Å². The van der Waals surface area contributed by atoms with Gasteiger partial charge in [-0.25, -0.2) is 0 Å². The SMILES string of the molecule is CCOc1ccc2ccccc2c1[C@H]1NC(=O)c2c(sc3c2CCN(CC)C3)N1. The second-order valence-corrected chi connectivity index (χ2v) is 8.61. The molecule has 0 radical (unpaired) electrons. The van der Waals surface area contributed by atoms with Crippen LogP contribution in [0.15, 0.2) is 36.4 Å². The maximum absolute atomic E-state index is 13.2. The summed E-state index contributed by atoms with van der Waals surface area (Å²) in [5, 5.41) is 10.0. The zero-order chi connectivity index (χ0) is 20.0. The number of nitrogens with one attached hydrogen (secondary N) is 2. The van der Waals surface area contributed by atoms with E-state index in [1.54, 1.807) is 11.3 Å². The number of hydrogen-bond acceptors (Lipinski definition) is 5. The number of rotatable bonds is 4. The van der Waals surface area contributed by atoms with Gasteiger partial charge in [0.15, 0.2) is 0 Å². The van der Waals surface area contributed by atoms with E-state index < -0.39 is 0 Å². The van der Waals surface area contributed by atoms with Crippen molar-refractivity contribution in [3.63, 3.8) is 0 Å². The number of amides is 1. The van der Waals surface area contributed by atoms with E-state index in [4.69, 9.17) is 4.74 Å². The molecule has 2 N–H and O–H groups in total. The van der Waals surface area contributed by atoms with Gasteiger partial charge >= 0.3 is 0 Å². The summed E-state index contributed by atoms with van der Waals surface area (Å²) in [5.41, 5.74) is 3.06. The number of fused-ring (bicyclic) bond motifs is 4. The Hall–Kier alpha value is -2.57. The van der Waals surface area contributed by atoms with Gasteiger partial charge in [0.2, 0.25) is 0 Å². The number of hydrogen-bond donors (Lipinski definition) is 2. The summed E-state index contributed by atoms with van der Waals surface area (Å²) in [6.45, 7) is 7.74. The van der Waals surface area contributed by atoms with Crippen LogP contribution in [0.2, 0.25) is 0 Å². The third kappa shape index (κ3) is 3.07. The summed E-state index contributed by atoms with van der Waals surface area (Å²) in [6.07, 6.45) is 0.623. The summed E-state index contributed by atoms with van der Waals surface area (Å²) in [5.74, 6) is 0.826. The number of carbonyl (C=O) groups excluding carboxylic acids is 1. The molecule has 0 spiro atoms. The van der Waals surface area contributed by atoms with Crippen molar-refractivity contribution in [2.45, 2.75) is 33.0 Å². The first-order valence-corrected chi connectivity index (χ1v) is 11.1. The first kappa shape index (κ1) is 18.5. The molecule has 3 aromatic rings. The van der Waals surface area contributed by atoms with Crippen LogP contribution in [0.1, 0.15) is 46.4 Å². The van der Waals surface area contributed by atoms with E-state index in [1.165, 1.54) is 10.4 Å². The Labute approximate surface area is 174 Å². The fourth-order valence-corrected chi connectivity index (χ4v) is 5.75. The standard InChI is InChI=1S/C23H25N3O2S/c1-3-26-12-11-16-18(13-26)29-23-20(16)22(27)24-21(25-23)19-15-8-6-5-7-14(15)9-10-17(19)28-4-2/h5-10,21,25H,3-4,11-13H2,1-2H3,(H,24,27)/t21-/m0/s1. The Morgan fingerprint density at radius 2 is 2.03 bits per heavy atom. The lowest BCUT2D eigenvalue weighted by molar-refractivity contribution is 0.0934. The number of carbonyl (C=O) groups is 1. The summed E-state index contributed by atoms with van der Waals surface area (Å²) in [7, 11) is 0. The number of likely N-dealkylation sites (N-methyl/N-ethyl adjacent to an activating group) is 1. The molecule has 0 unspecified atom stereocenters. The highest BCUT2D eigenvalue weighted by Crippen LogP contribution is 2.43. The Morgan fingerprint density at radius 1 is 1.17 bits per heavy atom. The lowest BCUT2D eigenvalue weighted by atomic mass is 9.97. The molecule has 2 aliphatic rings. The van der Waals surface area contributed by atoms with Crippen LogP contribution in [-0.4, -0.2) is 30.5 Å². The molecule has 1 atom stereocenters.